The summed E-state index contributed by atoms with van der Waals surface area (Å²) in [6, 6.07) is 33.4. The molecule has 0 spiro atoms. The molecular formula is C42H33N5O7. The average Bonchev–Trinajstić information content (AvgIpc) is 3.72. The minimum Gasteiger partial charge on any atom is -0.461 e. The predicted molar refractivity (Wildman–Crippen MR) is 203 cm³/mol. The second-order valence-corrected chi connectivity index (χ2v) is 12.1. The van der Waals surface area contributed by atoms with Crippen molar-refractivity contribution in [3.05, 3.63) is 146 Å². The molecule has 268 valence electrons. The maximum absolute atomic E-state index is 13.8. The van der Waals surface area contributed by atoms with E-state index in [1.165, 1.54) is 5.06 Å². The maximum atomic E-state index is 13.8. The predicted octanol–water partition coefficient (Wildman–Crippen LogP) is 7.11. The molecule has 7 rings (SSSR count). The van der Waals surface area contributed by atoms with E-state index in [1.807, 2.05) is 60.7 Å². The Morgan fingerprint density at radius 1 is 0.722 bits per heavy atom. The van der Waals surface area contributed by atoms with E-state index in [0.717, 1.165) is 33.7 Å². The number of hydroxylamine groups is 1. The molecule has 2 heterocycles. The molecule has 0 bridgehead atoms. The third-order valence-electron chi connectivity index (χ3n) is 8.78. The topological polar surface area (TPSA) is 144 Å². The largest absolute Gasteiger partial charge is 0.461 e. The molecule has 0 radical (unpaired) electrons. The number of hydrogen-bond acceptors (Lipinski definition) is 11. The minimum atomic E-state index is -0.718. The van der Waals surface area contributed by atoms with Crippen LogP contribution in [0.5, 0.6) is 0 Å². The van der Waals surface area contributed by atoms with Gasteiger partial charge >= 0.3 is 11.9 Å². The molecular weight excluding hydrogens is 686 g/mol. The first-order valence-electron chi connectivity index (χ1n) is 17.0. The zero-order valence-electron chi connectivity index (χ0n) is 28.9. The van der Waals surface area contributed by atoms with Crippen LogP contribution in [0, 0.1) is 0 Å². The van der Waals surface area contributed by atoms with Gasteiger partial charge in [-0.3, -0.25) is 14.5 Å². The number of anilines is 2. The first kappa shape index (κ1) is 35.1. The highest BCUT2D eigenvalue weighted by atomic mass is 16.7. The van der Waals surface area contributed by atoms with Gasteiger partial charge in [-0.15, -0.1) is 10.2 Å². The summed E-state index contributed by atoms with van der Waals surface area (Å²) in [6.45, 7) is 7.17. The van der Waals surface area contributed by atoms with Crippen molar-refractivity contribution in [2.45, 2.75) is 0 Å². The number of carbonyl (C=O) groups excluding carboxylic acids is 4. The lowest BCUT2D eigenvalue weighted by Gasteiger charge is -2.30. The Bertz CT molecular complexity index is 2370. The number of rotatable bonds is 14. The third kappa shape index (κ3) is 7.21. The highest BCUT2D eigenvalue weighted by molar-refractivity contribution is 6.26. The first-order valence-corrected chi connectivity index (χ1v) is 17.0. The fourth-order valence-corrected chi connectivity index (χ4v) is 6.13. The molecule has 12 heteroatoms. The SMILES string of the molecule is C=CC(=O)OCCNc1ccc2c3c(cccc13)C(=O)N(CCN(OC(=O)C=C)c1ccc(-c3nnc(-c4ccc(-c5ccccc5)cc4)o3)cc1)C2=O. The minimum absolute atomic E-state index is 0.0333. The Balaban J connectivity index is 1.05. The summed E-state index contributed by atoms with van der Waals surface area (Å²) in [5.41, 5.74) is 5.44. The lowest BCUT2D eigenvalue weighted by molar-refractivity contribution is -0.139. The van der Waals surface area contributed by atoms with Crippen LogP contribution in [0.25, 0.3) is 44.8 Å². The highest BCUT2D eigenvalue weighted by Gasteiger charge is 2.34. The standard InChI is InChI=1S/C42H33N5O7/c1-3-36(48)52-26-23-43-35-22-21-34-38-32(35)11-8-12-33(38)41(50)46(42(34)51)24-25-47(54-37(49)4-2)31-19-17-30(18-20-31)40-45-44-39(53-40)29-15-13-28(14-16-29)27-9-6-5-7-10-27/h3-22,43H,1-2,23-26H2. The molecule has 0 saturated heterocycles. The van der Waals surface area contributed by atoms with Crippen molar-refractivity contribution < 1.29 is 33.2 Å². The van der Waals surface area contributed by atoms with Crippen molar-refractivity contribution in [2.24, 2.45) is 0 Å². The number of carbonyl (C=O) groups is 4. The number of aromatic nitrogens is 2. The van der Waals surface area contributed by atoms with Crippen molar-refractivity contribution in [1.29, 1.82) is 0 Å². The van der Waals surface area contributed by atoms with Crippen LogP contribution in [0.1, 0.15) is 20.7 Å². The van der Waals surface area contributed by atoms with Gasteiger partial charge in [0, 0.05) is 57.4 Å². The summed E-state index contributed by atoms with van der Waals surface area (Å²) in [4.78, 5) is 57.9. The number of hydrogen-bond donors (Lipinski definition) is 1. The van der Waals surface area contributed by atoms with E-state index in [1.54, 1.807) is 48.5 Å². The van der Waals surface area contributed by atoms with Crippen LogP contribution >= 0.6 is 0 Å². The first-order chi connectivity index (χ1) is 26.3. The monoisotopic (exact) mass is 719 g/mol. The van der Waals surface area contributed by atoms with Gasteiger partial charge < -0.3 is 19.3 Å². The summed E-state index contributed by atoms with van der Waals surface area (Å²) >= 11 is 0. The van der Waals surface area contributed by atoms with Crippen molar-refractivity contribution >= 4 is 45.9 Å². The smallest absolute Gasteiger partial charge is 0.355 e. The lowest BCUT2D eigenvalue weighted by atomic mass is 9.93. The second-order valence-electron chi connectivity index (χ2n) is 12.1. The number of imide groups is 1. The molecule has 0 unspecified atom stereocenters. The Morgan fingerprint density at radius 2 is 1.33 bits per heavy atom. The number of amides is 2. The van der Waals surface area contributed by atoms with E-state index in [4.69, 9.17) is 14.0 Å². The summed E-state index contributed by atoms with van der Waals surface area (Å²) < 4.78 is 11.0. The van der Waals surface area contributed by atoms with Gasteiger partial charge in [0.1, 0.15) is 6.61 Å². The van der Waals surface area contributed by atoms with E-state index in [-0.39, 0.29) is 19.7 Å². The summed E-state index contributed by atoms with van der Waals surface area (Å²) in [6.07, 6.45) is 2.11. The molecule has 6 aromatic rings. The number of nitrogens with zero attached hydrogens (tertiary/aromatic N) is 4. The molecule has 0 fully saturated rings. The number of nitrogens with one attached hydrogen (secondary N) is 1. The van der Waals surface area contributed by atoms with Gasteiger partial charge in [0.15, 0.2) is 0 Å². The van der Waals surface area contributed by atoms with Crippen LogP contribution in [0.15, 0.2) is 139 Å². The van der Waals surface area contributed by atoms with Gasteiger partial charge in [0.2, 0.25) is 11.8 Å². The molecule has 1 N–H and O–H groups in total. The number of ether oxygens (including phenoxy) is 1. The molecule has 1 aromatic heterocycles. The van der Waals surface area contributed by atoms with Gasteiger partial charge in [0.25, 0.3) is 11.8 Å². The molecule has 0 saturated carbocycles. The van der Waals surface area contributed by atoms with Crippen LogP contribution < -0.4 is 10.4 Å². The van der Waals surface area contributed by atoms with Crippen molar-refractivity contribution in [1.82, 2.24) is 15.1 Å². The molecule has 5 aromatic carbocycles. The molecule has 1 aliphatic rings. The molecule has 0 aliphatic carbocycles. The normalized spacial score (nSPS) is 12.0. The van der Waals surface area contributed by atoms with Crippen molar-refractivity contribution in [3.63, 3.8) is 0 Å². The van der Waals surface area contributed by atoms with Gasteiger partial charge in [0.05, 0.1) is 18.8 Å². The number of esters is 1. The quantitative estimate of drug-likeness (QED) is 0.0404. The average molecular weight is 720 g/mol. The van der Waals surface area contributed by atoms with Crippen LogP contribution in [0.4, 0.5) is 11.4 Å². The van der Waals surface area contributed by atoms with E-state index in [9.17, 15) is 19.2 Å². The summed E-state index contributed by atoms with van der Waals surface area (Å²) in [5, 5.41) is 14.2. The molecule has 12 nitrogen and oxygen atoms in total. The van der Waals surface area contributed by atoms with Crippen molar-refractivity contribution in [3.8, 4) is 34.0 Å². The van der Waals surface area contributed by atoms with Gasteiger partial charge in [-0.25, -0.2) is 14.7 Å². The van der Waals surface area contributed by atoms with Crippen LogP contribution in [-0.4, -0.2) is 65.1 Å². The number of benzene rings is 5. The van der Waals surface area contributed by atoms with E-state index in [2.05, 4.69) is 28.7 Å². The second kappa shape index (κ2) is 15.5. The Labute approximate surface area is 309 Å². The molecule has 1 aliphatic heterocycles. The summed E-state index contributed by atoms with van der Waals surface area (Å²) in [7, 11) is 0. The zero-order chi connectivity index (χ0) is 37.6. The Hall–Kier alpha value is -7.34. The van der Waals surface area contributed by atoms with E-state index in [0.29, 0.717) is 57.2 Å². The zero-order valence-corrected chi connectivity index (χ0v) is 28.9. The molecule has 2 amide bonds. The van der Waals surface area contributed by atoms with E-state index < -0.39 is 23.8 Å². The van der Waals surface area contributed by atoms with Crippen LogP contribution in [-0.2, 0) is 19.2 Å². The Morgan fingerprint density at radius 3 is 2.00 bits per heavy atom. The lowest BCUT2D eigenvalue weighted by Crippen LogP contribution is -2.45. The fraction of sp³-hybridized carbons (Fsp3) is 0.0952. The van der Waals surface area contributed by atoms with Crippen LogP contribution in [0.2, 0.25) is 0 Å². The van der Waals surface area contributed by atoms with Gasteiger partial charge in [-0.2, -0.15) is 0 Å². The summed E-state index contributed by atoms with van der Waals surface area (Å²) in [5.74, 6) is -1.55. The third-order valence-corrected chi connectivity index (χ3v) is 8.78. The van der Waals surface area contributed by atoms with Crippen LogP contribution in [0.3, 0.4) is 0 Å². The van der Waals surface area contributed by atoms with Gasteiger partial charge in [-0.05, 0) is 65.7 Å². The van der Waals surface area contributed by atoms with E-state index >= 15 is 0 Å². The van der Waals surface area contributed by atoms with Crippen molar-refractivity contribution in [2.75, 3.05) is 36.6 Å². The molecule has 54 heavy (non-hydrogen) atoms. The highest BCUT2D eigenvalue weighted by Crippen LogP contribution is 2.35. The van der Waals surface area contributed by atoms with Gasteiger partial charge in [-0.1, -0.05) is 67.8 Å². The molecule has 0 atom stereocenters. The fourth-order valence-electron chi connectivity index (χ4n) is 6.13. The maximum Gasteiger partial charge on any atom is 0.355 e. The Kier molecular flexibility index (Phi) is 10.1.